The first-order valence-electron chi connectivity index (χ1n) is 10.1. The average Bonchev–Trinajstić information content (AvgIpc) is 3.14. The Balaban J connectivity index is 1.56. The summed E-state index contributed by atoms with van der Waals surface area (Å²) in [6.45, 7) is 16.8. The van der Waals surface area contributed by atoms with Gasteiger partial charge in [-0.25, -0.2) is 0 Å². The van der Waals surface area contributed by atoms with Crippen LogP contribution in [0.25, 0.3) is 11.8 Å². The predicted octanol–water partition coefficient (Wildman–Crippen LogP) is 5.50. The highest BCUT2D eigenvalue weighted by Gasteiger charge is 2.17. The third-order valence-corrected chi connectivity index (χ3v) is 5.40. The van der Waals surface area contributed by atoms with Gasteiger partial charge in [-0.2, -0.15) is 0 Å². The van der Waals surface area contributed by atoms with E-state index in [1.807, 2.05) is 0 Å². The van der Waals surface area contributed by atoms with Crippen molar-refractivity contribution in [3.05, 3.63) is 89.8 Å². The fourth-order valence-electron chi connectivity index (χ4n) is 3.68. The molecule has 2 aromatic carbocycles. The van der Waals surface area contributed by atoms with Crippen LogP contribution in [0.5, 0.6) is 0 Å². The Morgan fingerprint density at radius 2 is 1.71 bits per heavy atom. The van der Waals surface area contributed by atoms with E-state index in [0.29, 0.717) is 0 Å². The molecule has 3 heteroatoms. The molecule has 0 radical (unpaired) electrons. The summed E-state index contributed by atoms with van der Waals surface area (Å²) in [5.41, 5.74) is 7.34. The highest BCUT2D eigenvalue weighted by Crippen LogP contribution is 2.27. The molecule has 0 aromatic heterocycles. The fraction of sp³-hybridized carbons (Fsp3) is 0.280. The highest BCUT2D eigenvalue weighted by molar-refractivity contribution is 5.66. The molecule has 0 bridgehead atoms. The molecule has 3 rings (SSSR count). The van der Waals surface area contributed by atoms with Gasteiger partial charge in [0.15, 0.2) is 0 Å². The van der Waals surface area contributed by atoms with Crippen molar-refractivity contribution in [3.8, 4) is 0 Å². The van der Waals surface area contributed by atoms with E-state index in [4.69, 9.17) is 0 Å². The van der Waals surface area contributed by atoms with Gasteiger partial charge >= 0.3 is 0 Å². The zero-order valence-corrected chi connectivity index (χ0v) is 17.3. The van der Waals surface area contributed by atoms with Gasteiger partial charge in [-0.1, -0.05) is 55.6 Å². The SMILES string of the molecule is C=C(Nc1ccc(C(=C)N(CC)CC)cc1)NC(C)C1=Cc2ccccc2C1. The minimum Gasteiger partial charge on any atom is -0.372 e. The van der Waals surface area contributed by atoms with Crippen molar-refractivity contribution in [1.29, 1.82) is 0 Å². The largest absolute Gasteiger partial charge is 0.372 e. The number of nitrogens with zero attached hydrogens (tertiary/aromatic N) is 1. The van der Waals surface area contributed by atoms with Gasteiger partial charge in [0, 0.05) is 30.5 Å². The third-order valence-electron chi connectivity index (χ3n) is 5.40. The van der Waals surface area contributed by atoms with Crippen LogP contribution in [0.4, 0.5) is 5.69 Å². The lowest BCUT2D eigenvalue weighted by molar-refractivity contribution is 0.443. The Labute approximate surface area is 169 Å². The van der Waals surface area contributed by atoms with E-state index >= 15 is 0 Å². The Morgan fingerprint density at radius 3 is 2.36 bits per heavy atom. The lowest BCUT2D eigenvalue weighted by Crippen LogP contribution is -2.30. The van der Waals surface area contributed by atoms with Crippen molar-refractivity contribution in [3.63, 3.8) is 0 Å². The summed E-state index contributed by atoms with van der Waals surface area (Å²) >= 11 is 0. The molecular formula is C25H31N3. The van der Waals surface area contributed by atoms with E-state index in [-0.39, 0.29) is 6.04 Å². The number of fused-ring (bicyclic) bond motifs is 1. The van der Waals surface area contributed by atoms with Crippen LogP contribution in [0.1, 0.15) is 37.5 Å². The maximum absolute atomic E-state index is 4.23. The predicted molar refractivity (Wildman–Crippen MR) is 122 cm³/mol. The first kappa shape index (κ1) is 19.8. The molecule has 2 N–H and O–H groups in total. The molecule has 0 saturated heterocycles. The maximum Gasteiger partial charge on any atom is 0.0961 e. The summed E-state index contributed by atoms with van der Waals surface area (Å²) in [5, 5.41) is 6.84. The van der Waals surface area contributed by atoms with Crippen LogP contribution in [0, 0.1) is 0 Å². The molecule has 0 aliphatic heterocycles. The Kier molecular flexibility index (Phi) is 6.25. The Bertz CT molecular complexity index is 873. The first-order chi connectivity index (χ1) is 13.5. The second kappa shape index (κ2) is 8.83. The lowest BCUT2D eigenvalue weighted by atomic mass is 10.1. The molecule has 1 atom stereocenters. The van der Waals surface area contributed by atoms with Crippen LogP contribution in [-0.2, 0) is 6.42 Å². The molecule has 0 heterocycles. The molecule has 0 fully saturated rings. The van der Waals surface area contributed by atoms with Crippen molar-refractivity contribution in [2.75, 3.05) is 18.4 Å². The van der Waals surface area contributed by atoms with Crippen molar-refractivity contribution >= 4 is 17.5 Å². The van der Waals surface area contributed by atoms with Crippen LogP contribution in [0.3, 0.4) is 0 Å². The number of anilines is 1. The van der Waals surface area contributed by atoms with Gasteiger partial charge in [-0.15, -0.1) is 0 Å². The van der Waals surface area contributed by atoms with Crippen molar-refractivity contribution in [1.82, 2.24) is 10.2 Å². The van der Waals surface area contributed by atoms with Gasteiger partial charge in [0.1, 0.15) is 0 Å². The summed E-state index contributed by atoms with van der Waals surface area (Å²) in [4.78, 5) is 2.26. The normalized spacial score (nSPS) is 13.3. The molecule has 2 aromatic rings. The second-order valence-electron chi connectivity index (χ2n) is 7.26. The van der Waals surface area contributed by atoms with Crippen LogP contribution in [0.2, 0.25) is 0 Å². The smallest absolute Gasteiger partial charge is 0.0961 e. The second-order valence-corrected chi connectivity index (χ2v) is 7.26. The molecule has 146 valence electrons. The summed E-state index contributed by atoms with van der Waals surface area (Å²) in [6, 6.07) is 17.2. The summed E-state index contributed by atoms with van der Waals surface area (Å²) < 4.78 is 0. The zero-order chi connectivity index (χ0) is 20.1. The van der Waals surface area contributed by atoms with Gasteiger partial charge in [0.2, 0.25) is 0 Å². The number of rotatable bonds is 9. The molecule has 1 aliphatic carbocycles. The third kappa shape index (κ3) is 4.48. The molecule has 3 nitrogen and oxygen atoms in total. The number of hydrogen-bond donors (Lipinski definition) is 2. The number of hydrogen-bond acceptors (Lipinski definition) is 3. The zero-order valence-electron chi connectivity index (χ0n) is 17.3. The van der Waals surface area contributed by atoms with Crippen LogP contribution in [-0.4, -0.2) is 24.0 Å². The van der Waals surface area contributed by atoms with E-state index in [9.17, 15) is 0 Å². The molecule has 0 spiro atoms. The van der Waals surface area contributed by atoms with E-state index in [1.54, 1.807) is 0 Å². The van der Waals surface area contributed by atoms with Crippen LogP contribution in [0.15, 0.2) is 73.1 Å². The van der Waals surface area contributed by atoms with Crippen molar-refractivity contribution < 1.29 is 0 Å². The molecule has 1 aliphatic rings. The van der Waals surface area contributed by atoms with Gasteiger partial charge in [-0.05, 0) is 61.6 Å². The molecule has 28 heavy (non-hydrogen) atoms. The lowest BCUT2D eigenvalue weighted by Gasteiger charge is -2.24. The monoisotopic (exact) mass is 373 g/mol. The number of nitrogens with one attached hydrogen (secondary N) is 2. The van der Waals surface area contributed by atoms with Crippen LogP contribution >= 0.6 is 0 Å². The van der Waals surface area contributed by atoms with Gasteiger partial charge < -0.3 is 15.5 Å². The minimum absolute atomic E-state index is 0.231. The maximum atomic E-state index is 4.23. The van der Waals surface area contributed by atoms with E-state index in [0.717, 1.165) is 42.3 Å². The Hall–Kier alpha value is -2.94. The van der Waals surface area contributed by atoms with Gasteiger partial charge in [0.25, 0.3) is 0 Å². The first-order valence-corrected chi connectivity index (χ1v) is 10.1. The highest BCUT2D eigenvalue weighted by atomic mass is 15.1. The van der Waals surface area contributed by atoms with Crippen LogP contribution < -0.4 is 10.6 Å². The topological polar surface area (TPSA) is 27.3 Å². The summed E-state index contributed by atoms with van der Waals surface area (Å²) in [6.07, 6.45) is 3.29. The molecule has 0 saturated carbocycles. The fourth-order valence-corrected chi connectivity index (χ4v) is 3.68. The molecule has 0 amide bonds. The summed E-state index contributed by atoms with van der Waals surface area (Å²) in [7, 11) is 0. The average molecular weight is 374 g/mol. The van der Waals surface area contributed by atoms with E-state index in [2.05, 4.69) is 104 Å². The van der Waals surface area contributed by atoms with Gasteiger partial charge in [0.05, 0.1) is 5.82 Å². The van der Waals surface area contributed by atoms with E-state index in [1.165, 1.54) is 16.7 Å². The standard InChI is InChI=1S/C25H31N3/c1-6-28(7-2)19(4)21-12-14-25(15-13-21)27-20(5)26-18(3)24-16-22-10-8-9-11-23(22)17-24/h8-16,18,26-27H,4-7,17H2,1-3H3. The summed E-state index contributed by atoms with van der Waals surface area (Å²) in [5.74, 6) is 0.805. The number of benzene rings is 2. The van der Waals surface area contributed by atoms with E-state index < -0.39 is 0 Å². The minimum atomic E-state index is 0.231. The van der Waals surface area contributed by atoms with Gasteiger partial charge in [-0.3, -0.25) is 0 Å². The quantitative estimate of drug-likeness (QED) is 0.608. The molecular weight excluding hydrogens is 342 g/mol. The molecule has 1 unspecified atom stereocenters. The van der Waals surface area contributed by atoms with Crippen molar-refractivity contribution in [2.24, 2.45) is 0 Å². The van der Waals surface area contributed by atoms with Crippen molar-refractivity contribution in [2.45, 2.75) is 33.2 Å². The Morgan fingerprint density at radius 1 is 1.04 bits per heavy atom.